The molecule has 1 atom stereocenters. The van der Waals surface area contributed by atoms with Crippen LogP contribution < -0.4 is 4.74 Å². The first-order valence-corrected chi connectivity index (χ1v) is 8.50. The van der Waals surface area contributed by atoms with Crippen molar-refractivity contribution in [3.8, 4) is 5.88 Å². The van der Waals surface area contributed by atoms with E-state index in [1.165, 1.54) is 0 Å². The number of rotatable bonds is 5. The van der Waals surface area contributed by atoms with Gasteiger partial charge in [-0.2, -0.15) is 0 Å². The number of pyridine rings is 1. The van der Waals surface area contributed by atoms with Crippen molar-refractivity contribution >= 4 is 5.91 Å². The van der Waals surface area contributed by atoms with E-state index in [-0.39, 0.29) is 25.0 Å². The van der Waals surface area contributed by atoms with E-state index in [1.54, 1.807) is 24.6 Å². The summed E-state index contributed by atoms with van der Waals surface area (Å²) in [5.74, 6) is 2.73. The first-order chi connectivity index (χ1) is 12.7. The molecule has 1 aliphatic heterocycles. The number of aromatic nitrogens is 4. The van der Waals surface area contributed by atoms with E-state index in [0.29, 0.717) is 24.7 Å². The van der Waals surface area contributed by atoms with Crippen molar-refractivity contribution in [1.29, 1.82) is 0 Å². The molecule has 0 aromatic carbocycles. The van der Waals surface area contributed by atoms with Crippen LogP contribution in [0.1, 0.15) is 30.4 Å². The second-order valence-electron chi connectivity index (χ2n) is 6.10. The average Bonchev–Trinajstić information content (AvgIpc) is 3.31. The first-order valence-electron chi connectivity index (χ1n) is 8.50. The Balaban J connectivity index is 1.45. The summed E-state index contributed by atoms with van der Waals surface area (Å²) >= 11 is 0. The highest BCUT2D eigenvalue weighted by Crippen LogP contribution is 2.25. The third-order valence-corrected chi connectivity index (χ3v) is 4.47. The van der Waals surface area contributed by atoms with Crippen LogP contribution in [-0.4, -0.2) is 37.1 Å². The summed E-state index contributed by atoms with van der Waals surface area (Å²) in [6.07, 6.45) is 3.51. The molecule has 8 nitrogen and oxygen atoms in total. The highest BCUT2D eigenvalue weighted by Gasteiger charge is 2.31. The lowest BCUT2D eigenvalue weighted by atomic mass is 10.1. The molecule has 0 radical (unpaired) electrons. The molecule has 134 valence electrons. The number of ether oxygens (including phenoxy) is 1. The van der Waals surface area contributed by atoms with Gasteiger partial charge in [-0.05, 0) is 25.1 Å². The molecule has 0 aliphatic carbocycles. The lowest BCUT2D eigenvalue weighted by Gasteiger charge is -2.33. The fraction of sp³-hybridized carbons (Fsp3) is 0.333. The summed E-state index contributed by atoms with van der Waals surface area (Å²) < 4.78 is 13.0. The monoisotopic (exact) mass is 353 g/mol. The van der Waals surface area contributed by atoms with Crippen LogP contribution in [0, 0.1) is 0 Å². The van der Waals surface area contributed by atoms with Gasteiger partial charge in [-0.25, -0.2) is 4.98 Å². The van der Waals surface area contributed by atoms with Crippen molar-refractivity contribution in [2.24, 2.45) is 0 Å². The predicted molar refractivity (Wildman–Crippen MR) is 91.1 cm³/mol. The van der Waals surface area contributed by atoms with E-state index < -0.39 is 0 Å². The number of carbonyl (C=O) groups is 1. The molecule has 8 heteroatoms. The third kappa shape index (κ3) is 3.17. The quantitative estimate of drug-likeness (QED) is 0.697. The Hall–Kier alpha value is -3.16. The number of hydrogen-bond donors (Lipinski definition) is 0. The molecular formula is C18H19N5O3. The zero-order chi connectivity index (χ0) is 17.9. The summed E-state index contributed by atoms with van der Waals surface area (Å²) in [4.78, 5) is 18.5. The molecular weight excluding hydrogens is 334 g/mol. The van der Waals surface area contributed by atoms with Crippen LogP contribution in [0.3, 0.4) is 0 Å². The number of fused-ring (bicyclic) bond motifs is 1. The third-order valence-electron chi connectivity index (χ3n) is 4.47. The Kier molecular flexibility index (Phi) is 4.39. The molecule has 0 unspecified atom stereocenters. The minimum Gasteiger partial charge on any atom is -0.469 e. The highest BCUT2D eigenvalue weighted by molar-refractivity contribution is 5.78. The van der Waals surface area contributed by atoms with Crippen LogP contribution in [0.2, 0.25) is 0 Å². The smallest absolute Gasteiger partial charge is 0.230 e. The minimum absolute atomic E-state index is 0.0213. The van der Waals surface area contributed by atoms with Crippen LogP contribution in [0.15, 0.2) is 47.2 Å². The van der Waals surface area contributed by atoms with Gasteiger partial charge < -0.3 is 18.6 Å². The first kappa shape index (κ1) is 16.3. The summed E-state index contributed by atoms with van der Waals surface area (Å²) in [5, 5.41) is 8.51. The van der Waals surface area contributed by atoms with Crippen molar-refractivity contribution in [2.45, 2.75) is 32.5 Å². The van der Waals surface area contributed by atoms with Gasteiger partial charge in [0.05, 0.1) is 18.7 Å². The zero-order valence-electron chi connectivity index (χ0n) is 14.4. The molecule has 0 fully saturated rings. The van der Waals surface area contributed by atoms with Gasteiger partial charge in [0.1, 0.15) is 12.4 Å². The molecule has 0 saturated carbocycles. The molecule has 1 amide bonds. The Bertz CT molecular complexity index is 876. The zero-order valence-corrected chi connectivity index (χ0v) is 14.4. The molecule has 3 aromatic rings. The summed E-state index contributed by atoms with van der Waals surface area (Å²) in [7, 11) is 0. The second-order valence-corrected chi connectivity index (χ2v) is 6.10. The Labute approximate surface area is 150 Å². The maximum absolute atomic E-state index is 12.6. The van der Waals surface area contributed by atoms with E-state index in [9.17, 15) is 4.79 Å². The molecule has 1 aliphatic rings. The molecule has 4 rings (SSSR count). The van der Waals surface area contributed by atoms with Gasteiger partial charge in [0.25, 0.3) is 0 Å². The van der Waals surface area contributed by atoms with E-state index in [2.05, 4.69) is 15.2 Å². The maximum Gasteiger partial charge on any atom is 0.230 e. The highest BCUT2D eigenvalue weighted by atomic mass is 16.5. The van der Waals surface area contributed by atoms with Gasteiger partial charge in [0.2, 0.25) is 11.8 Å². The Morgan fingerprint density at radius 1 is 1.27 bits per heavy atom. The molecule has 3 aromatic heterocycles. The minimum atomic E-state index is -0.151. The molecule has 0 saturated heterocycles. The van der Waals surface area contributed by atoms with Crippen molar-refractivity contribution in [3.63, 3.8) is 0 Å². The number of hydrogen-bond acceptors (Lipinski definition) is 6. The van der Waals surface area contributed by atoms with E-state index in [0.717, 1.165) is 11.6 Å². The van der Waals surface area contributed by atoms with Crippen molar-refractivity contribution in [1.82, 2.24) is 24.6 Å². The summed E-state index contributed by atoms with van der Waals surface area (Å²) in [6.45, 7) is 3.49. The molecule has 0 spiro atoms. The molecule has 4 heterocycles. The van der Waals surface area contributed by atoms with E-state index in [4.69, 9.17) is 9.15 Å². The number of furan rings is 1. The van der Waals surface area contributed by atoms with Gasteiger partial charge in [-0.15, -0.1) is 10.2 Å². The van der Waals surface area contributed by atoms with Crippen LogP contribution in [-0.2, 0) is 24.4 Å². The number of amides is 1. The van der Waals surface area contributed by atoms with Gasteiger partial charge >= 0.3 is 0 Å². The van der Waals surface area contributed by atoms with Crippen LogP contribution in [0.5, 0.6) is 5.88 Å². The Morgan fingerprint density at radius 3 is 2.96 bits per heavy atom. The molecule has 26 heavy (non-hydrogen) atoms. The van der Waals surface area contributed by atoms with Crippen LogP contribution >= 0.6 is 0 Å². The maximum atomic E-state index is 12.6. The van der Waals surface area contributed by atoms with Crippen LogP contribution in [0.4, 0.5) is 0 Å². The fourth-order valence-corrected chi connectivity index (χ4v) is 3.12. The lowest BCUT2D eigenvalue weighted by molar-refractivity contribution is -0.134. The number of carbonyl (C=O) groups excluding carboxylic acids is 1. The average molecular weight is 353 g/mol. The predicted octanol–water partition coefficient (Wildman–Crippen LogP) is 1.99. The van der Waals surface area contributed by atoms with Crippen LogP contribution in [0.25, 0.3) is 0 Å². The Morgan fingerprint density at radius 2 is 2.19 bits per heavy atom. The summed E-state index contributed by atoms with van der Waals surface area (Å²) in [5.41, 5.74) is 0. The molecule has 0 N–H and O–H groups in total. The van der Waals surface area contributed by atoms with Gasteiger partial charge in [-0.1, -0.05) is 6.07 Å². The standard InChI is InChI=1S/C18H19N5O3/c1-13-18-21-20-15(12-26-16-6-2-3-7-19-16)23(18)9-8-22(13)17(24)11-14-5-4-10-25-14/h2-7,10,13H,8-9,11-12H2,1H3/t13-/m0/s1. The topological polar surface area (TPSA) is 86.3 Å². The normalized spacial score (nSPS) is 16.3. The van der Waals surface area contributed by atoms with Gasteiger partial charge in [0, 0.05) is 25.4 Å². The largest absolute Gasteiger partial charge is 0.469 e. The SMILES string of the molecule is C[C@H]1c2nnc(COc3ccccn3)n2CCN1C(=O)Cc1ccco1. The van der Waals surface area contributed by atoms with Gasteiger partial charge in [-0.3, -0.25) is 4.79 Å². The second kappa shape index (κ2) is 6.99. The van der Waals surface area contributed by atoms with Gasteiger partial charge in [0.15, 0.2) is 11.6 Å². The van der Waals surface area contributed by atoms with E-state index in [1.807, 2.05) is 34.6 Å². The summed E-state index contributed by atoms with van der Waals surface area (Å²) in [6, 6.07) is 8.94. The molecule has 0 bridgehead atoms. The number of nitrogens with zero attached hydrogens (tertiary/aromatic N) is 5. The van der Waals surface area contributed by atoms with Crippen molar-refractivity contribution < 1.29 is 13.9 Å². The fourth-order valence-electron chi connectivity index (χ4n) is 3.12. The van der Waals surface area contributed by atoms with Crippen molar-refractivity contribution in [2.75, 3.05) is 6.54 Å². The lowest BCUT2D eigenvalue weighted by Crippen LogP contribution is -2.42. The van der Waals surface area contributed by atoms with E-state index >= 15 is 0 Å². The van der Waals surface area contributed by atoms with Crippen molar-refractivity contribution in [3.05, 3.63) is 60.2 Å².